The van der Waals surface area contributed by atoms with Gasteiger partial charge in [-0.05, 0) is 25.1 Å². The molecule has 0 atom stereocenters. The highest BCUT2D eigenvalue weighted by Gasteiger charge is 1.99. The minimum atomic E-state index is -0.448. The highest BCUT2D eigenvalue weighted by atomic mass is 16.5. The molecule has 0 aliphatic rings. The number of amides is 1. The van der Waals surface area contributed by atoms with Crippen LogP contribution in [0.5, 0.6) is 0 Å². The summed E-state index contributed by atoms with van der Waals surface area (Å²) in [6.07, 6.45) is 6.93. The Morgan fingerprint density at radius 3 is 2.75 bits per heavy atom. The lowest BCUT2D eigenvalue weighted by Gasteiger charge is -2.04. The first-order valence-electron chi connectivity index (χ1n) is 5.09. The van der Waals surface area contributed by atoms with Gasteiger partial charge in [-0.3, -0.25) is 5.32 Å². The molecule has 1 N–H and O–H groups in total. The van der Waals surface area contributed by atoms with Gasteiger partial charge in [-0.25, -0.2) is 4.79 Å². The molecule has 16 heavy (non-hydrogen) atoms. The van der Waals surface area contributed by atoms with Gasteiger partial charge >= 0.3 is 6.09 Å². The zero-order valence-electron chi connectivity index (χ0n) is 9.22. The molecule has 3 nitrogen and oxygen atoms in total. The van der Waals surface area contributed by atoms with Crippen molar-refractivity contribution in [2.24, 2.45) is 0 Å². The predicted molar refractivity (Wildman–Crippen MR) is 65.4 cm³/mol. The Morgan fingerprint density at radius 1 is 1.31 bits per heavy atom. The molecular formula is C13H15NO2. The van der Waals surface area contributed by atoms with E-state index in [2.05, 4.69) is 5.32 Å². The highest BCUT2D eigenvalue weighted by Crippen LogP contribution is 2.04. The second kappa shape index (κ2) is 7.29. The Labute approximate surface area is 95.4 Å². The number of hydrogen-bond donors (Lipinski definition) is 1. The first kappa shape index (κ1) is 12.0. The monoisotopic (exact) mass is 217 g/mol. The van der Waals surface area contributed by atoms with Gasteiger partial charge in [0.1, 0.15) is 6.61 Å². The Balaban J connectivity index is 2.26. The van der Waals surface area contributed by atoms with E-state index in [1.165, 1.54) is 0 Å². The van der Waals surface area contributed by atoms with E-state index in [1.54, 1.807) is 18.2 Å². The van der Waals surface area contributed by atoms with Crippen LogP contribution in [0.15, 0.2) is 54.6 Å². The van der Waals surface area contributed by atoms with Gasteiger partial charge in [0.05, 0.1) is 0 Å². The van der Waals surface area contributed by atoms with Crippen LogP contribution in [0.2, 0.25) is 0 Å². The van der Waals surface area contributed by atoms with Crippen molar-refractivity contribution in [3.05, 3.63) is 54.6 Å². The molecule has 0 aromatic heterocycles. The number of allylic oxidation sites excluding steroid dienone is 3. The van der Waals surface area contributed by atoms with Gasteiger partial charge in [0.2, 0.25) is 0 Å². The number of para-hydroxylation sites is 1. The average molecular weight is 217 g/mol. The largest absolute Gasteiger partial charge is 0.445 e. The molecule has 1 amide bonds. The average Bonchev–Trinajstić information content (AvgIpc) is 2.30. The Hall–Kier alpha value is -2.03. The molecule has 0 saturated carbocycles. The fourth-order valence-electron chi connectivity index (χ4n) is 1.04. The van der Waals surface area contributed by atoms with Crippen molar-refractivity contribution in [2.75, 3.05) is 11.9 Å². The number of benzene rings is 1. The van der Waals surface area contributed by atoms with Crippen molar-refractivity contribution in [2.45, 2.75) is 6.92 Å². The molecule has 1 rings (SSSR count). The van der Waals surface area contributed by atoms with E-state index in [1.807, 2.05) is 43.4 Å². The van der Waals surface area contributed by atoms with Crippen molar-refractivity contribution in [1.82, 2.24) is 0 Å². The van der Waals surface area contributed by atoms with Crippen LogP contribution < -0.4 is 5.32 Å². The maximum atomic E-state index is 11.3. The lowest BCUT2D eigenvalue weighted by atomic mass is 10.3. The van der Waals surface area contributed by atoms with Crippen LogP contribution >= 0.6 is 0 Å². The second-order valence-electron chi connectivity index (χ2n) is 3.04. The van der Waals surface area contributed by atoms with Crippen molar-refractivity contribution < 1.29 is 9.53 Å². The number of carbonyl (C=O) groups is 1. The molecule has 1 aromatic carbocycles. The number of anilines is 1. The van der Waals surface area contributed by atoms with E-state index < -0.39 is 6.09 Å². The molecule has 0 heterocycles. The smallest absolute Gasteiger partial charge is 0.411 e. The van der Waals surface area contributed by atoms with Crippen LogP contribution in [0.25, 0.3) is 0 Å². The fourth-order valence-corrected chi connectivity index (χ4v) is 1.04. The lowest BCUT2D eigenvalue weighted by Crippen LogP contribution is -2.13. The molecule has 3 heteroatoms. The van der Waals surface area contributed by atoms with Gasteiger partial charge in [0, 0.05) is 5.69 Å². The minimum absolute atomic E-state index is 0.267. The maximum Gasteiger partial charge on any atom is 0.411 e. The third-order valence-corrected chi connectivity index (χ3v) is 1.77. The normalized spacial score (nSPS) is 10.8. The quantitative estimate of drug-likeness (QED) is 0.785. The first-order chi connectivity index (χ1) is 7.83. The predicted octanol–water partition coefficient (Wildman–Crippen LogP) is 3.37. The number of carbonyl (C=O) groups excluding carboxylic acids is 1. The van der Waals surface area contributed by atoms with E-state index >= 15 is 0 Å². The number of hydrogen-bond acceptors (Lipinski definition) is 2. The third kappa shape index (κ3) is 5.00. The van der Waals surface area contributed by atoms with Crippen LogP contribution in [0.4, 0.5) is 10.5 Å². The second-order valence-corrected chi connectivity index (χ2v) is 3.04. The summed E-state index contributed by atoms with van der Waals surface area (Å²) in [5.74, 6) is 0. The molecule has 0 spiro atoms. The van der Waals surface area contributed by atoms with E-state index in [4.69, 9.17) is 4.74 Å². The van der Waals surface area contributed by atoms with E-state index in [0.29, 0.717) is 0 Å². The Kier molecular flexibility index (Phi) is 5.48. The van der Waals surface area contributed by atoms with Crippen LogP contribution in [0.3, 0.4) is 0 Å². The molecule has 84 valence electrons. The summed E-state index contributed by atoms with van der Waals surface area (Å²) in [7, 11) is 0. The summed E-state index contributed by atoms with van der Waals surface area (Å²) in [6.45, 7) is 2.19. The standard InChI is InChI=1S/C13H15NO2/c1-2-3-4-8-11-16-13(15)14-12-9-6-5-7-10-12/h2-10H,11H2,1H3,(H,14,15)/b3-2+,8-4+. The summed E-state index contributed by atoms with van der Waals surface area (Å²) in [6, 6.07) is 9.19. The zero-order valence-corrected chi connectivity index (χ0v) is 9.22. The number of rotatable bonds is 4. The van der Waals surface area contributed by atoms with Gasteiger partial charge in [0.25, 0.3) is 0 Å². The molecule has 0 unspecified atom stereocenters. The summed E-state index contributed by atoms with van der Waals surface area (Å²) in [4.78, 5) is 11.3. The molecule has 0 bridgehead atoms. The summed E-state index contributed by atoms with van der Waals surface area (Å²) < 4.78 is 4.92. The van der Waals surface area contributed by atoms with E-state index in [0.717, 1.165) is 5.69 Å². The zero-order chi connectivity index (χ0) is 11.6. The molecule has 0 fully saturated rings. The van der Waals surface area contributed by atoms with Crippen LogP contribution in [0.1, 0.15) is 6.92 Å². The van der Waals surface area contributed by atoms with Crippen LogP contribution in [-0.2, 0) is 4.74 Å². The van der Waals surface area contributed by atoms with Crippen LogP contribution in [-0.4, -0.2) is 12.7 Å². The lowest BCUT2D eigenvalue weighted by molar-refractivity contribution is 0.174. The maximum absolute atomic E-state index is 11.3. The highest BCUT2D eigenvalue weighted by molar-refractivity contribution is 5.84. The van der Waals surface area contributed by atoms with E-state index in [-0.39, 0.29) is 6.61 Å². The SMILES string of the molecule is C/C=C/C=C/COC(=O)Nc1ccccc1. The summed E-state index contributed by atoms with van der Waals surface area (Å²) in [5.41, 5.74) is 0.727. The molecular weight excluding hydrogens is 202 g/mol. The van der Waals surface area contributed by atoms with Crippen molar-refractivity contribution in [3.63, 3.8) is 0 Å². The van der Waals surface area contributed by atoms with Crippen LogP contribution in [0, 0.1) is 0 Å². The topological polar surface area (TPSA) is 38.3 Å². The van der Waals surface area contributed by atoms with Crippen molar-refractivity contribution >= 4 is 11.8 Å². The molecule has 0 aliphatic heterocycles. The van der Waals surface area contributed by atoms with Gasteiger partial charge in [-0.1, -0.05) is 36.4 Å². The van der Waals surface area contributed by atoms with Crippen molar-refractivity contribution in [1.29, 1.82) is 0 Å². The Bertz CT molecular complexity index is 369. The molecule has 0 radical (unpaired) electrons. The van der Waals surface area contributed by atoms with Gasteiger partial charge < -0.3 is 4.74 Å². The van der Waals surface area contributed by atoms with Gasteiger partial charge in [0.15, 0.2) is 0 Å². The first-order valence-corrected chi connectivity index (χ1v) is 5.09. The van der Waals surface area contributed by atoms with Gasteiger partial charge in [-0.2, -0.15) is 0 Å². The molecule has 1 aromatic rings. The van der Waals surface area contributed by atoms with Crippen molar-refractivity contribution in [3.8, 4) is 0 Å². The fraction of sp³-hybridized carbons (Fsp3) is 0.154. The summed E-state index contributed by atoms with van der Waals surface area (Å²) in [5, 5.41) is 2.62. The Morgan fingerprint density at radius 2 is 2.06 bits per heavy atom. The minimum Gasteiger partial charge on any atom is -0.445 e. The third-order valence-electron chi connectivity index (χ3n) is 1.77. The summed E-state index contributed by atoms with van der Waals surface area (Å²) >= 11 is 0. The number of nitrogens with one attached hydrogen (secondary N) is 1. The number of ether oxygens (including phenoxy) is 1. The van der Waals surface area contributed by atoms with Gasteiger partial charge in [-0.15, -0.1) is 0 Å². The van der Waals surface area contributed by atoms with E-state index in [9.17, 15) is 4.79 Å². The molecule has 0 aliphatic carbocycles. The molecule has 0 saturated heterocycles.